The number of aryl methyl sites for hydroxylation is 1. The van der Waals surface area contributed by atoms with Gasteiger partial charge in [-0.2, -0.15) is 0 Å². The molecule has 3 nitrogen and oxygen atoms in total. The van der Waals surface area contributed by atoms with Crippen molar-refractivity contribution in [2.24, 2.45) is 5.73 Å². The standard InChI is InChI=1S/C8H14N2O/c1-6(3-4-9)8-5-10-11-7(8)2/h5-6H,3-4,9H2,1-2H3. The fourth-order valence-electron chi connectivity index (χ4n) is 1.19. The third kappa shape index (κ3) is 1.80. The van der Waals surface area contributed by atoms with E-state index in [-0.39, 0.29) is 0 Å². The van der Waals surface area contributed by atoms with Crippen molar-refractivity contribution >= 4 is 0 Å². The molecule has 1 heterocycles. The van der Waals surface area contributed by atoms with Crippen LogP contribution in [0.1, 0.15) is 30.6 Å². The summed E-state index contributed by atoms with van der Waals surface area (Å²) in [4.78, 5) is 0. The van der Waals surface area contributed by atoms with Crippen LogP contribution in [0, 0.1) is 6.92 Å². The zero-order valence-electron chi connectivity index (χ0n) is 7.00. The van der Waals surface area contributed by atoms with Gasteiger partial charge in [0.1, 0.15) is 5.76 Å². The van der Waals surface area contributed by atoms with Gasteiger partial charge < -0.3 is 10.3 Å². The van der Waals surface area contributed by atoms with Crippen molar-refractivity contribution in [2.75, 3.05) is 6.54 Å². The second-order valence-electron chi connectivity index (χ2n) is 2.82. The van der Waals surface area contributed by atoms with Gasteiger partial charge in [-0.25, -0.2) is 0 Å². The van der Waals surface area contributed by atoms with Crippen molar-refractivity contribution in [3.8, 4) is 0 Å². The van der Waals surface area contributed by atoms with Crippen molar-refractivity contribution in [2.45, 2.75) is 26.2 Å². The summed E-state index contributed by atoms with van der Waals surface area (Å²) in [5.41, 5.74) is 6.61. The Bertz CT molecular complexity index is 220. The Morgan fingerprint density at radius 3 is 2.91 bits per heavy atom. The van der Waals surface area contributed by atoms with Gasteiger partial charge in [0.2, 0.25) is 0 Å². The van der Waals surface area contributed by atoms with E-state index in [1.165, 1.54) is 5.56 Å². The normalized spacial score (nSPS) is 13.4. The molecule has 2 N–H and O–H groups in total. The lowest BCUT2D eigenvalue weighted by Gasteiger charge is -2.06. The van der Waals surface area contributed by atoms with Crippen LogP contribution in [0.25, 0.3) is 0 Å². The van der Waals surface area contributed by atoms with E-state index in [4.69, 9.17) is 10.3 Å². The van der Waals surface area contributed by atoms with Crippen LogP contribution in [-0.2, 0) is 0 Å². The molecule has 0 fully saturated rings. The van der Waals surface area contributed by atoms with E-state index in [2.05, 4.69) is 12.1 Å². The quantitative estimate of drug-likeness (QED) is 0.716. The molecule has 0 aromatic carbocycles. The van der Waals surface area contributed by atoms with Crippen molar-refractivity contribution in [1.82, 2.24) is 5.16 Å². The first-order valence-corrected chi connectivity index (χ1v) is 3.87. The van der Waals surface area contributed by atoms with E-state index in [9.17, 15) is 0 Å². The van der Waals surface area contributed by atoms with Crippen LogP contribution in [0.3, 0.4) is 0 Å². The number of nitrogens with two attached hydrogens (primary N) is 1. The second kappa shape index (κ2) is 3.53. The summed E-state index contributed by atoms with van der Waals surface area (Å²) in [5.74, 6) is 1.37. The Hall–Kier alpha value is -0.830. The molecule has 0 saturated heterocycles. The van der Waals surface area contributed by atoms with Crippen molar-refractivity contribution in [1.29, 1.82) is 0 Å². The molecule has 0 spiro atoms. The summed E-state index contributed by atoms with van der Waals surface area (Å²) in [6, 6.07) is 0. The van der Waals surface area contributed by atoms with Crippen molar-refractivity contribution in [3.63, 3.8) is 0 Å². The lowest BCUT2D eigenvalue weighted by atomic mass is 9.99. The van der Waals surface area contributed by atoms with Crippen LogP contribution < -0.4 is 5.73 Å². The maximum Gasteiger partial charge on any atom is 0.137 e. The van der Waals surface area contributed by atoms with Gasteiger partial charge in [0.25, 0.3) is 0 Å². The largest absolute Gasteiger partial charge is 0.361 e. The predicted molar refractivity (Wildman–Crippen MR) is 43.3 cm³/mol. The van der Waals surface area contributed by atoms with Crippen LogP contribution in [-0.4, -0.2) is 11.7 Å². The molecule has 1 aromatic rings. The molecule has 0 aliphatic heterocycles. The molecule has 0 saturated carbocycles. The number of nitrogens with zero attached hydrogens (tertiary/aromatic N) is 1. The molecule has 1 unspecified atom stereocenters. The molecular formula is C8H14N2O. The first-order chi connectivity index (χ1) is 5.25. The zero-order chi connectivity index (χ0) is 8.27. The summed E-state index contributed by atoms with van der Waals surface area (Å²) >= 11 is 0. The van der Waals surface area contributed by atoms with E-state index in [0.717, 1.165) is 12.2 Å². The minimum absolute atomic E-state index is 0.464. The first-order valence-electron chi connectivity index (χ1n) is 3.87. The second-order valence-corrected chi connectivity index (χ2v) is 2.82. The summed E-state index contributed by atoms with van der Waals surface area (Å²) in [6.45, 7) is 4.77. The van der Waals surface area contributed by atoms with Crippen LogP contribution >= 0.6 is 0 Å². The maximum atomic E-state index is 5.43. The molecular weight excluding hydrogens is 140 g/mol. The van der Waals surface area contributed by atoms with Crippen molar-refractivity contribution < 1.29 is 4.52 Å². The molecule has 0 bridgehead atoms. The average Bonchev–Trinajstić information content (AvgIpc) is 2.36. The number of rotatable bonds is 3. The molecule has 1 rings (SSSR count). The SMILES string of the molecule is Cc1oncc1C(C)CCN. The summed E-state index contributed by atoms with van der Waals surface area (Å²) in [7, 11) is 0. The Kier molecular flexibility index (Phi) is 2.65. The summed E-state index contributed by atoms with van der Waals surface area (Å²) in [6.07, 6.45) is 2.76. The van der Waals surface area contributed by atoms with Gasteiger partial charge >= 0.3 is 0 Å². The topological polar surface area (TPSA) is 52.0 Å². The van der Waals surface area contributed by atoms with Crippen LogP contribution in [0.15, 0.2) is 10.7 Å². The third-order valence-electron chi connectivity index (χ3n) is 1.92. The fourth-order valence-corrected chi connectivity index (χ4v) is 1.19. The van der Waals surface area contributed by atoms with Gasteiger partial charge in [-0.05, 0) is 25.8 Å². The molecule has 3 heteroatoms. The average molecular weight is 154 g/mol. The number of aromatic nitrogens is 1. The van der Waals surface area contributed by atoms with Gasteiger partial charge in [0.15, 0.2) is 0 Å². The van der Waals surface area contributed by atoms with E-state index in [1.54, 1.807) is 6.20 Å². The molecule has 62 valence electrons. The summed E-state index contributed by atoms with van der Waals surface area (Å²) < 4.78 is 4.94. The molecule has 0 amide bonds. The van der Waals surface area contributed by atoms with Crippen LogP contribution in [0.2, 0.25) is 0 Å². The first kappa shape index (κ1) is 8.27. The molecule has 0 aliphatic rings. The Morgan fingerprint density at radius 1 is 1.73 bits per heavy atom. The fraction of sp³-hybridized carbons (Fsp3) is 0.625. The minimum Gasteiger partial charge on any atom is -0.361 e. The molecule has 1 atom stereocenters. The lowest BCUT2D eigenvalue weighted by molar-refractivity contribution is 0.395. The van der Waals surface area contributed by atoms with Gasteiger partial charge in [-0.1, -0.05) is 12.1 Å². The Balaban J connectivity index is 2.67. The van der Waals surface area contributed by atoms with Crippen LogP contribution in [0.5, 0.6) is 0 Å². The number of hydrogen-bond acceptors (Lipinski definition) is 3. The van der Waals surface area contributed by atoms with E-state index in [0.29, 0.717) is 12.5 Å². The molecule has 0 radical (unpaired) electrons. The van der Waals surface area contributed by atoms with E-state index in [1.807, 2.05) is 6.92 Å². The minimum atomic E-state index is 0.464. The third-order valence-corrected chi connectivity index (χ3v) is 1.92. The molecule has 0 aliphatic carbocycles. The Morgan fingerprint density at radius 2 is 2.45 bits per heavy atom. The van der Waals surface area contributed by atoms with Gasteiger partial charge in [0.05, 0.1) is 6.20 Å². The van der Waals surface area contributed by atoms with E-state index < -0.39 is 0 Å². The van der Waals surface area contributed by atoms with Crippen LogP contribution in [0.4, 0.5) is 0 Å². The number of hydrogen-bond donors (Lipinski definition) is 1. The Labute approximate surface area is 66.6 Å². The van der Waals surface area contributed by atoms with Gasteiger partial charge in [-0.15, -0.1) is 0 Å². The highest BCUT2D eigenvalue weighted by atomic mass is 16.5. The molecule has 11 heavy (non-hydrogen) atoms. The van der Waals surface area contributed by atoms with Gasteiger partial charge in [-0.3, -0.25) is 0 Å². The van der Waals surface area contributed by atoms with Gasteiger partial charge in [0, 0.05) is 5.56 Å². The monoisotopic (exact) mass is 154 g/mol. The lowest BCUT2D eigenvalue weighted by Crippen LogP contribution is -2.04. The highest BCUT2D eigenvalue weighted by Gasteiger charge is 2.10. The zero-order valence-corrected chi connectivity index (χ0v) is 7.00. The predicted octanol–water partition coefficient (Wildman–Crippen LogP) is 1.44. The smallest absolute Gasteiger partial charge is 0.137 e. The molecule has 1 aromatic heterocycles. The summed E-state index contributed by atoms with van der Waals surface area (Å²) in [5, 5.41) is 3.71. The van der Waals surface area contributed by atoms with Crippen molar-refractivity contribution in [3.05, 3.63) is 17.5 Å². The highest BCUT2D eigenvalue weighted by Crippen LogP contribution is 2.20. The maximum absolute atomic E-state index is 5.43. The highest BCUT2D eigenvalue weighted by molar-refractivity contribution is 5.16. The van der Waals surface area contributed by atoms with E-state index >= 15 is 0 Å².